The van der Waals surface area contributed by atoms with E-state index in [1.807, 2.05) is 13.8 Å². The number of carboxylic acids is 1. The molecule has 0 aromatic heterocycles. The van der Waals surface area contributed by atoms with Gasteiger partial charge in [0.15, 0.2) is 0 Å². The van der Waals surface area contributed by atoms with E-state index in [4.69, 9.17) is 5.11 Å². The van der Waals surface area contributed by atoms with Crippen molar-refractivity contribution in [2.45, 2.75) is 33.1 Å². The Hall–Kier alpha value is -2.37. The molecule has 1 aromatic rings. The van der Waals surface area contributed by atoms with Crippen LogP contribution in [0.15, 0.2) is 24.3 Å². The molecule has 2 rings (SSSR count). The smallest absolute Gasteiger partial charge is 0.308 e. The van der Waals surface area contributed by atoms with E-state index in [1.165, 1.54) is 4.90 Å². The van der Waals surface area contributed by atoms with E-state index >= 15 is 0 Å². The Morgan fingerprint density at radius 3 is 2.78 bits per heavy atom. The van der Waals surface area contributed by atoms with Crippen LogP contribution in [0.25, 0.3) is 0 Å². The molecule has 6 nitrogen and oxygen atoms in total. The molecule has 0 aliphatic carbocycles. The number of carboxylic acid groups (broad SMARTS) is 1. The summed E-state index contributed by atoms with van der Waals surface area (Å²) in [6.07, 6.45) is 1.40. The number of nitrogens with one attached hydrogen (secondary N) is 1. The van der Waals surface area contributed by atoms with E-state index in [1.54, 1.807) is 24.3 Å². The van der Waals surface area contributed by atoms with Gasteiger partial charge in [0, 0.05) is 30.8 Å². The average Bonchev–Trinajstić information content (AvgIpc) is 2.89. The molecule has 23 heavy (non-hydrogen) atoms. The highest BCUT2D eigenvalue weighted by Crippen LogP contribution is 2.27. The summed E-state index contributed by atoms with van der Waals surface area (Å²) < 4.78 is 0. The Morgan fingerprint density at radius 1 is 1.43 bits per heavy atom. The summed E-state index contributed by atoms with van der Waals surface area (Å²) in [7, 11) is 0. The lowest BCUT2D eigenvalue weighted by Gasteiger charge is -2.17. The van der Waals surface area contributed by atoms with Gasteiger partial charge in [-0.15, -0.1) is 0 Å². The maximum atomic E-state index is 12.0. The molecule has 0 unspecified atom stereocenters. The monoisotopic (exact) mass is 318 g/mol. The van der Waals surface area contributed by atoms with Crippen LogP contribution in [0.5, 0.6) is 0 Å². The summed E-state index contributed by atoms with van der Waals surface area (Å²) in [5.74, 6) is -1.59. The van der Waals surface area contributed by atoms with Gasteiger partial charge in [-0.3, -0.25) is 14.4 Å². The van der Waals surface area contributed by atoms with Crippen molar-refractivity contribution in [3.63, 3.8) is 0 Å². The van der Waals surface area contributed by atoms with Crippen LogP contribution in [-0.2, 0) is 14.4 Å². The predicted octanol–water partition coefficient (Wildman–Crippen LogP) is 2.50. The standard InChI is InChI=1S/C17H22N2O4/c1-3-11(2)7-15(20)18-13-5-4-6-14(9-13)19-10-12(17(22)23)8-16(19)21/h4-6,9,11-12H,3,7-8,10H2,1-2H3,(H,18,20)(H,22,23)/t11-,12+/m1/s1. The van der Waals surface area contributed by atoms with Crippen LogP contribution in [0.4, 0.5) is 11.4 Å². The Balaban J connectivity index is 2.07. The molecule has 2 N–H and O–H groups in total. The molecular formula is C17H22N2O4. The third-order valence-electron chi connectivity index (χ3n) is 4.15. The summed E-state index contributed by atoms with van der Waals surface area (Å²) >= 11 is 0. The average molecular weight is 318 g/mol. The molecule has 0 saturated carbocycles. The zero-order chi connectivity index (χ0) is 17.0. The first-order chi connectivity index (χ1) is 10.9. The Morgan fingerprint density at radius 2 is 2.17 bits per heavy atom. The Labute approximate surface area is 135 Å². The molecule has 6 heteroatoms. The van der Waals surface area contributed by atoms with Gasteiger partial charge in [0.05, 0.1) is 5.92 Å². The first kappa shape index (κ1) is 17.0. The minimum absolute atomic E-state index is 0.0138. The van der Waals surface area contributed by atoms with Crippen molar-refractivity contribution < 1.29 is 19.5 Å². The molecular weight excluding hydrogens is 296 g/mol. The second kappa shape index (κ2) is 7.26. The summed E-state index contributed by atoms with van der Waals surface area (Å²) in [6.45, 7) is 4.22. The van der Waals surface area contributed by atoms with E-state index in [0.717, 1.165) is 6.42 Å². The van der Waals surface area contributed by atoms with Gasteiger partial charge in [-0.2, -0.15) is 0 Å². The molecule has 1 aromatic carbocycles. The maximum absolute atomic E-state index is 12.0. The first-order valence-electron chi connectivity index (χ1n) is 7.83. The van der Waals surface area contributed by atoms with Crippen LogP contribution in [-0.4, -0.2) is 29.4 Å². The highest BCUT2D eigenvalue weighted by molar-refractivity contribution is 6.00. The zero-order valence-electron chi connectivity index (χ0n) is 13.4. The van der Waals surface area contributed by atoms with Gasteiger partial charge >= 0.3 is 5.97 Å². The van der Waals surface area contributed by atoms with Gasteiger partial charge in [-0.25, -0.2) is 0 Å². The fourth-order valence-electron chi connectivity index (χ4n) is 2.55. The van der Waals surface area contributed by atoms with Crippen LogP contribution < -0.4 is 10.2 Å². The molecule has 0 spiro atoms. The number of hydrogen-bond acceptors (Lipinski definition) is 3. The van der Waals surface area contributed by atoms with Crippen LogP contribution in [0.2, 0.25) is 0 Å². The summed E-state index contributed by atoms with van der Waals surface area (Å²) in [4.78, 5) is 36.4. The van der Waals surface area contributed by atoms with Crippen molar-refractivity contribution in [1.29, 1.82) is 0 Å². The van der Waals surface area contributed by atoms with E-state index in [-0.39, 0.29) is 24.8 Å². The van der Waals surface area contributed by atoms with Crippen molar-refractivity contribution >= 4 is 29.2 Å². The van der Waals surface area contributed by atoms with Crippen LogP contribution in [0, 0.1) is 11.8 Å². The van der Waals surface area contributed by atoms with Gasteiger partial charge < -0.3 is 15.3 Å². The number of nitrogens with zero attached hydrogens (tertiary/aromatic N) is 1. The second-order valence-corrected chi connectivity index (χ2v) is 6.06. The van der Waals surface area contributed by atoms with Gasteiger partial charge in [0.2, 0.25) is 11.8 Å². The van der Waals surface area contributed by atoms with E-state index in [9.17, 15) is 14.4 Å². The normalized spacial score (nSPS) is 18.8. The Bertz CT molecular complexity index is 614. The van der Waals surface area contributed by atoms with Gasteiger partial charge in [-0.1, -0.05) is 26.3 Å². The van der Waals surface area contributed by atoms with E-state index in [0.29, 0.717) is 23.7 Å². The van der Waals surface area contributed by atoms with Crippen molar-refractivity contribution in [3.05, 3.63) is 24.3 Å². The van der Waals surface area contributed by atoms with Crippen LogP contribution in [0.3, 0.4) is 0 Å². The summed E-state index contributed by atoms with van der Waals surface area (Å²) in [5.41, 5.74) is 1.22. The second-order valence-electron chi connectivity index (χ2n) is 6.06. The predicted molar refractivity (Wildman–Crippen MR) is 87.2 cm³/mol. The van der Waals surface area contributed by atoms with Gasteiger partial charge in [0.25, 0.3) is 0 Å². The number of amides is 2. The number of hydrogen-bond donors (Lipinski definition) is 2. The minimum Gasteiger partial charge on any atom is -0.481 e. The summed E-state index contributed by atoms with van der Waals surface area (Å²) in [6, 6.07) is 6.95. The number of carbonyl (C=O) groups is 3. The fraction of sp³-hybridized carbons (Fsp3) is 0.471. The molecule has 1 heterocycles. The number of aliphatic carboxylic acids is 1. The molecule has 0 bridgehead atoms. The number of benzene rings is 1. The topological polar surface area (TPSA) is 86.7 Å². The highest BCUT2D eigenvalue weighted by Gasteiger charge is 2.35. The quantitative estimate of drug-likeness (QED) is 0.843. The lowest BCUT2D eigenvalue weighted by molar-refractivity contribution is -0.141. The summed E-state index contributed by atoms with van der Waals surface area (Å²) in [5, 5.41) is 11.9. The molecule has 2 atom stereocenters. The number of rotatable bonds is 6. The molecule has 124 valence electrons. The SMILES string of the molecule is CC[C@@H](C)CC(=O)Nc1cccc(N2C[C@@H](C(=O)O)CC2=O)c1. The van der Waals surface area contributed by atoms with E-state index < -0.39 is 11.9 Å². The largest absolute Gasteiger partial charge is 0.481 e. The van der Waals surface area contributed by atoms with Crippen LogP contribution in [0.1, 0.15) is 33.1 Å². The lowest BCUT2D eigenvalue weighted by atomic mass is 10.1. The maximum Gasteiger partial charge on any atom is 0.308 e. The zero-order valence-corrected chi connectivity index (χ0v) is 13.4. The molecule has 2 amide bonds. The van der Waals surface area contributed by atoms with Gasteiger partial charge in [0.1, 0.15) is 0 Å². The molecule has 1 fully saturated rings. The lowest BCUT2D eigenvalue weighted by Crippen LogP contribution is -2.26. The van der Waals surface area contributed by atoms with Gasteiger partial charge in [-0.05, 0) is 24.1 Å². The third kappa shape index (κ3) is 4.31. The molecule has 0 radical (unpaired) electrons. The highest BCUT2D eigenvalue weighted by atomic mass is 16.4. The van der Waals surface area contributed by atoms with E-state index in [2.05, 4.69) is 5.32 Å². The number of carbonyl (C=O) groups excluding carboxylic acids is 2. The van der Waals surface area contributed by atoms with Crippen LogP contribution >= 0.6 is 0 Å². The minimum atomic E-state index is -0.959. The van der Waals surface area contributed by atoms with Crippen molar-refractivity contribution in [1.82, 2.24) is 0 Å². The van der Waals surface area contributed by atoms with Crippen molar-refractivity contribution in [2.24, 2.45) is 11.8 Å². The fourth-order valence-corrected chi connectivity index (χ4v) is 2.55. The first-order valence-corrected chi connectivity index (χ1v) is 7.83. The van der Waals surface area contributed by atoms with Crippen molar-refractivity contribution in [3.8, 4) is 0 Å². The molecule has 1 saturated heterocycles. The molecule has 1 aliphatic heterocycles. The number of anilines is 2. The molecule has 1 aliphatic rings. The van der Waals surface area contributed by atoms with Crippen molar-refractivity contribution in [2.75, 3.05) is 16.8 Å². The Kier molecular flexibility index (Phi) is 5.36. The third-order valence-corrected chi connectivity index (χ3v) is 4.15.